The molecule has 1 aromatic heterocycles. The van der Waals surface area contributed by atoms with Gasteiger partial charge in [-0.1, -0.05) is 6.07 Å². The van der Waals surface area contributed by atoms with Crippen LogP contribution in [0.15, 0.2) is 21.7 Å². The molecule has 0 aliphatic heterocycles. The van der Waals surface area contributed by atoms with Gasteiger partial charge in [-0.25, -0.2) is 0 Å². The quantitative estimate of drug-likeness (QED) is 0.722. The second-order valence-corrected chi connectivity index (χ2v) is 4.52. The lowest BCUT2D eigenvalue weighted by Gasteiger charge is -2.00. The Kier molecular flexibility index (Phi) is 4.88. The van der Waals surface area contributed by atoms with Crippen LogP contribution in [0.2, 0.25) is 0 Å². The monoisotopic (exact) mass is 217 g/mol. The fraction of sp³-hybridized carbons (Fsp3) is 0.375. The van der Waals surface area contributed by atoms with E-state index in [0.29, 0.717) is 12.3 Å². The molecular weight excluding hydrogens is 206 g/mol. The van der Waals surface area contributed by atoms with Crippen LogP contribution >= 0.6 is 23.1 Å². The van der Waals surface area contributed by atoms with Crippen molar-refractivity contribution in [1.29, 1.82) is 0 Å². The van der Waals surface area contributed by atoms with Crippen LogP contribution in [0.1, 0.15) is 0 Å². The summed E-state index contributed by atoms with van der Waals surface area (Å²) in [5.74, 6) is 0.382. The number of nitrogens with one attached hydrogen (secondary N) is 1. The first-order valence-electron chi connectivity index (χ1n) is 3.87. The zero-order valence-corrected chi connectivity index (χ0v) is 8.66. The maximum absolute atomic E-state index is 11.1. The van der Waals surface area contributed by atoms with Gasteiger partial charge in [0.1, 0.15) is 0 Å². The minimum atomic E-state index is -0.0348. The maximum Gasteiger partial charge on any atom is 0.230 e. The highest BCUT2D eigenvalue weighted by Gasteiger charge is 2.01. The number of amides is 1. The predicted molar refractivity (Wildman–Crippen MR) is 55.1 cm³/mol. The molecule has 2 N–H and O–H groups in total. The Morgan fingerprint density at radius 1 is 1.69 bits per heavy atom. The molecule has 5 heteroatoms. The van der Waals surface area contributed by atoms with E-state index in [2.05, 4.69) is 5.32 Å². The summed E-state index contributed by atoms with van der Waals surface area (Å²) in [5, 5.41) is 13.0. The van der Waals surface area contributed by atoms with E-state index in [9.17, 15) is 4.79 Å². The van der Waals surface area contributed by atoms with Gasteiger partial charge < -0.3 is 10.4 Å². The van der Waals surface area contributed by atoms with Gasteiger partial charge in [-0.15, -0.1) is 23.1 Å². The van der Waals surface area contributed by atoms with Gasteiger partial charge in [-0.05, 0) is 11.4 Å². The third kappa shape index (κ3) is 4.31. The molecule has 0 bridgehead atoms. The molecule has 1 amide bonds. The summed E-state index contributed by atoms with van der Waals surface area (Å²) < 4.78 is 1.14. The van der Waals surface area contributed by atoms with Crippen molar-refractivity contribution in [2.45, 2.75) is 4.21 Å². The Morgan fingerprint density at radius 3 is 3.15 bits per heavy atom. The fourth-order valence-corrected chi connectivity index (χ4v) is 2.34. The zero-order chi connectivity index (χ0) is 9.52. The highest BCUT2D eigenvalue weighted by Crippen LogP contribution is 2.22. The van der Waals surface area contributed by atoms with Crippen LogP contribution in [0.25, 0.3) is 0 Å². The van der Waals surface area contributed by atoms with E-state index >= 15 is 0 Å². The molecule has 0 radical (unpaired) electrons. The van der Waals surface area contributed by atoms with Gasteiger partial charge in [0.2, 0.25) is 5.91 Å². The van der Waals surface area contributed by atoms with Crippen LogP contribution in [-0.4, -0.2) is 29.9 Å². The topological polar surface area (TPSA) is 49.3 Å². The summed E-state index contributed by atoms with van der Waals surface area (Å²) in [5.41, 5.74) is 0. The number of carbonyl (C=O) groups excluding carboxylic acids is 1. The first kappa shape index (κ1) is 10.6. The largest absolute Gasteiger partial charge is 0.395 e. The molecule has 72 valence electrons. The summed E-state index contributed by atoms with van der Waals surface area (Å²) in [6, 6.07) is 3.94. The molecule has 1 aromatic rings. The lowest BCUT2D eigenvalue weighted by Crippen LogP contribution is -2.27. The van der Waals surface area contributed by atoms with E-state index in [0.717, 1.165) is 4.21 Å². The summed E-state index contributed by atoms with van der Waals surface area (Å²) in [4.78, 5) is 11.1. The number of rotatable bonds is 5. The minimum Gasteiger partial charge on any atom is -0.395 e. The number of thiophene rings is 1. The molecule has 0 spiro atoms. The lowest BCUT2D eigenvalue weighted by atomic mass is 10.6. The van der Waals surface area contributed by atoms with Crippen molar-refractivity contribution in [2.75, 3.05) is 18.9 Å². The Balaban J connectivity index is 2.15. The van der Waals surface area contributed by atoms with Crippen molar-refractivity contribution in [1.82, 2.24) is 5.32 Å². The number of aliphatic hydroxyl groups is 1. The van der Waals surface area contributed by atoms with Gasteiger partial charge in [0, 0.05) is 6.54 Å². The summed E-state index contributed by atoms with van der Waals surface area (Å²) in [7, 11) is 0. The molecule has 1 rings (SSSR count). The van der Waals surface area contributed by atoms with E-state index in [4.69, 9.17) is 5.11 Å². The van der Waals surface area contributed by atoms with E-state index in [1.54, 1.807) is 11.3 Å². The highest BCUT2D eigenvalue weighted by molar-refractivity contribution is 8.01. The molecule has 3 nitrogen and oxygen atoms in total. The number of hydrogen-bond donors (Lipinski definition) is 2. The van der Waals surface area contributed by atoms with E-state index in [-0.39, 0.29) is 12.5 Å². The van der Waals surface area contributed by atoms with Gasteiger partial charge in [0.25, 0.3) is 0 Å². The average molecular weight is 217 g/mol. The standard InChI is InChI=1S/C8H11NO2S2/c10-4-3-9-7(11)6-13-8-2-1-5-12-8/h1-2,5,10H,3-4,6H2,(H,9,11). The average Bonchev–Trinajstić information content (AvgIpc) is 2.64. The first-order valence-corrected chi connectivity index (χ1v) is 5.73. The SMILES string of the molecule is O=C(CSc1cccs1)NCCO. The molecule has 0 aliphatic carbocycles. The second kappa shape index (κ2) is 6.01. The van der Waals surface area contributed by atoms with E-state index < -0.39 is 0 Å². The lowest BCUT2D eigenvalue weighted by molar-refractivity contribution is -0.118. The summed E-state index contributed by atoms with van der Waals surface area (Å²) in [6.07, 6.45) is 0. The van der Waals surface area contributed by atoms with E-state index in [1.165, 1.54) is 11.8 Å². The number of carbonyl (C=O) groups is 1. The second-order valence-electron chi connectivity index (χ2n) is 2.29. The molecule has 0 saturated carbocycles. The maximum atomic E-state index is 11.1. The van der Waals surface area contributed by atoms with Crippen molar-refractivity contribution < 1.29 is 9.90 Å². The Morgan fingerprint density at radius 2 is 2.54 bits per heavy atom. The van der Waals surface area contributed by atoms with Crippen LogP contribution in [0.4, 0.5) is 0 Å². The molecule has 0 fully saturated rings. The number of hydrogen-bond acceptors (Lipinski definition) is 4. The van der Waals surface area contributed by atoms with Crippen LogP contribution in [-0.2, 0) is 4.79 Å². The van der Waals surface area contributed by atoms with Gasteiger partial charge in [0.15, 0.2) is 0 Å². The molecule has 13 heavy (non-hydrogen) atoms. The van der Waals surface area contributed by atoms with Crippen molar-refractivity contribution in [3.63, 3.8) is 0 Å². The Hall–Kier alpha value is -0.520. The normalized spacial score (nSPS) is 9.92. The van der Waals surface area contributed by atoms with Crippen LogP contribution < -0.4 is 5.32 Å². The highest BCUT2D eigenvalue weighted by atomic mass is 32.2. The predicted octanol–water partition coefficient (Wildman–Crippen LogP) is 0.949. The molecule has 0 unspecified atom stereocenters. The van der Waals surface area contributed by atoms with Crippen LogP contribution in [0.5, 0.6) is 0 Å². The van der Waals surface area contributed by atoms with Crippen LogP contribution in [0.3, 0.4) is 0 Å². The number of thioether (sulfide) groups is 1. The molecule has 0 aromatic carbocycles. The van der Waals surface area contributed by atoms with E-state index in [1.807, 2.05) is 17.5 Å². The molecular formula is C8H11NO2S2. The molecule has 0 aliphatic rings. The van der Waals surface area contributed by atoms with Gasteiger partial charge in [-0.2, -0.15) is 0 Å². The van der Waals surface area contributed by atoms with Crippen LogP contribution in [0, 0.1) is 0 Å². The smallest absolute Gasteiger partial charge is 0.230 e. The molecule has 0 atom stereocenters. The fourth-order valence-electron chi connectivity index (χ4n) is 0.729. The summed E-state index contributed by atoms with van der Waals surface area (Å²) in [6.45, 7) is 0.333. The van der Waals surface area contributed by atoms with Gasteiger partial charge in [-0.3, -0.25) is 4.79 Å². The third-order valence-corrected chi connectivity index (χ3v) is 3.41. The number of aliphatic hydroxyl groups excluding tert-OH is 1. The van der Waals surface area contributed by atoms with Crippen molar-refractivity contribution in [3.8, 4) is 0 Å². The van der Waals surface area contributed by atoms with Crippen molar-refractivity contribution in [2.24, 2.45) is 0 Å². The van der Waals surface area contributed by atoms with Crippen molar-refractivity contribution >= 4 is 29.0 Å². The third-order valence-electron chi connectivity index (χ3n) is 1.27. The van der Waals surface area contributed by atoms with Crippen molar-refractivity contribution in [3.05, 3.63) is 17.5 Å². The van der Waals surface area contributed by atoms with Gasteiger partial charge in [0.05, 0.1) is 16.6 Å². The minimum absolute atomic E-state index is 0.00455. The molecule has 1 heterocycles. The molecule has 0 saturated heterocycles. The van der Waals surface area contributed by atoms with Gasteiger partial charge >= 0.3 is 0 Å². The first-order chi connectivity index (χ1) is 6.33. The Bertz CT molecular complexity index is 249. The zero-order valence-electron chi connectivity index (χ0n) is 7.03. The Labute approximate surface area is 85.2 Å². The summed E-state index contributed by atoms with van der Waals surface area (Å²) >= 11 is 3.13.